The van der Waals surface area contributed by atoms with E-state index in [1.165, 1.54) is 19.2 Å². The minimum Gasteiger partial charge on any atom is -0.494 e. The summed E-state index contributed by atoms with van der Waals surface area (Å²) in [7, 11) is 1.39. The molecule has 0 spiro atoms. The van der Waals surface area contributed by atoms with Crippen molar-refractivity contribution in [2.75, 3.05) is 7.11 Å². The number of halogens is 2. The van der Waals surface area contributed by atoms with Crippen molar-refractivity contribution in [3.63, 3.8) is 0 Å². The molecule has 2 nitrogen and oxygen atoms in total. The highest BCUT2D eigenvalue weighted by Gasteiger charge is 2.14. The van der Waals surface area contributed by atoms with E-state index in [9.17, 15) is 13.9 Å². The van der Waals surface area contributed by atoms with Crippen LogP contribution in [0.5, 0.6) is 5.75 Å². The molecule has 0 saturated heterocycles. The molecule has 0 aromatic heterocycles. The fraction of sp³-hybridized carbons (Fsp3) is 0.250. The third kappa shape index (κ3) is 3.33. The summed E-state index contributed by atoms with van der Waals surface area (Å²) in [5, 5.41) is 9.99. The number of benzene rings is 2. The Morgan fingerprint density at radius 1 is 1.00 bits per heavy atom. The van der Waals surface area contributed by atoms with Gasteiger partial charge in [-0.2, -0.15) is 0 Å². The molecule has 2 aromatic rings. The maximum Gasteiger partial charge on any atom is 0.168 e. The summed E-state index contributed by atoms with van der Waals surface area (Å²) in [5.74, 6) is -0.708. The lowest BCUT2D eigenvalue weighted by Gasteiger charge is -2.13. The normalized spacial score (nSPS) is 12.2. The highest BCUT2D eigenvalue weighted by molar-refractivity contribution is 5.31. The number of hydrogen-bond acceptors (Lipinski definition) is 2. The average Bonchev–Trinajstić information content (AvgIpc) is 2.44. The van der Waals surface area contributed by atoms with Crippen molar-refractivity contribution < 1.29 is 18.6 Å². The standard InChI is InChI=1S/C16H16F2O2/c1-20-15-8-4-6-12(16(15)18)10-13(19)9-11-5-2-3-7-14(11)17/h2-8,13,19H,9-10H2,1H3. The SMILES string of the molecule is COc1cccc(CC(O)Cc2ccccc2F)c1F. The van der Waals surface area contributed by atoms with Gasteiger partial charge in [-0.3, -0.25) is 0 Å². The molecular weight excluding hydrogens is 262 g/mol. The maximum absolute atomic E-state index is 13.9. The van der Waals surface area contributed by atoms with Crippen LogP contribution < -0.4 is 4.74 Å². The van der Waals surface area contributed by atoms with E-state index < -0.39 is 11.9 Å². The van der Waals surface area contributed by atoms with Gasteiger partial charge >= 0.3 is 0 Å². The van der Waals surface area contributed by atoms with Crippen molar-refractivity contribution >= 4 is 0 Å². The third-order valence-corrected chi connectivity index (χ3v) is 3.13. The van der Waals surface area contributed by atoms with Gasteiger partial charge in [0.2, 0.25) is 0 Å². The predicted molar refractivity (Wildman–Crippen MR) is 72.8 cm³/mol. The fourth-order valence-corrected chi connectivity index (χ4v) is 2.12. The summed E-state index contributed by atoms with van der Waals surface area (Å²) in [6, 6.07) is 11.0. The van der Waals surface area contributed by atoms with Crippen molar-refractivity contribution in [2.45, 2.75) is 18.9 Å². The smallest absolute Gasteiger partial charge is 0.168 e. The van der Waals surface area contributed by atoms with Gasteiger partial charge in [0.25, 0.3) is 0 Å². The topological polar surface area (TPSA) is 29.5 Å². The van der Waals surface area contributed by atoms with Crippen molar-refractivity contribution in [1.82, 2.24) is 0 Å². The van der Waals surface area contributed by atoms with Crippen LogP contribution in [0.2, 0.25) is 0 Å². The van der Waals surface area contributed by atoms with E-state index in [4.69, 9.17) is 4.74 Å². The fourth-order valence-electron chi connectivity index (χ4n) is 2.12. The Hall–Kier alpha value is -1.94. The van der Waals surface area contributed by atoms with Gasteiger partial charge < -0.3 is 9.84 Å². The van der Waals surface area contributed by atoms with Crippen LogP contribution in [0, 0.1) is 11.6 Å². The van der Waals surface area contributed by atoms with E-state index >= 15 is 0 Å². The summed E-state index contributed by atoms with van der Waals surface area (Å²) in [6.45, 7) is 0. The second-order valence-electron chi connectivity index (χ2n) is 4.59. The number of methoxy groups -OCH3 is 1. The van der Waals surface area contributed by atoms with Crippen LogP contribution in [-0.2, 0) is 12.8 Å². The Kier molecular flexibility index (Phi) is 4.69. The zero-order chi connectivity index (χ0) is 14.5. The highest BCUT2D eigenvalue weighted by Crippen LogP contribution is 2.22. The highest BCUT2D eigenvalue weighted by atomic mass is 19.1. The second-order valence-corrected chi connectivity index (χ2v) is 4.59. The molecule has 0 heterocycles. The first-order valence-electron chi connectivity index (χ1n) is 6.34. The Morgan fingerprint density at radius 2 is 1.65 bits per heavy atom. The first-order chi connectivity index (χ1) is 9.61. The van der Waals surface area contributed by atoms with Crippen LogP contribution in [0.4, 0.5) is 8.78 Å². The lowest BCUT2D eigenvalue weighted by atomic mass is 10.0. The third-order valence-electron chi connectivity index (χ3n) is 3.13. The van der Waals surface area contributed by atoms with Crippen LogP contribution in [-0.4, -0.2) is 18.3 Å². The summed E-state index contributed by atoms with van der Waals surface area (Å²) in [4.78, 5) is 0. The molecule has 2 rings (SSSR count). The van der Waals surface area contributed by atoms with Crippen molar-refractivity contribution in [3.05, 3.63) is 65.2 Å². The number of aliphatic hydroxyl groups excluding tert-OH is 1. The summed E-state index contributed by atoms with van der Waals surface area (Å²) in [5.41, 5.74) is 0.775. The Labute approximate surface area is 116 Å². The summed E-state index contributed by atoms with van der Waals surface area (Å²) < 4.78 is 32.3. The second kappa shape index (κ2) is 6.48. The molecular formula is C16H16F2O2. The van der Waals surface area contributed by atoms with Gasteiger partial charge in [0.15, 0.2) is 11.6 Å². The first kappa shape index (κ1) is 14.5. The number of aliphatic hydroxyl groups is 1. The largest absolute Gasteiger partial charge is 0.494 e. The van der Waals surface area contributed by atoms with Crippen LogP contribution in [0.15, 0.2) is 42.5 Å². The van der Waals surface area contributed by atoms with E-state index in [0.717, 1.165) is 0 Å². The van der Waals surface area contributed by atoms with Gasteiger partial charge in [0, 0.05) is 12.8 Å². The lowest BCUT2D eigenvalue weighted by Crippen LogP contribution is -2.16. The molecule has 0 aliphatic heterocycles. The van der Waals surface area contributed by atoms with Crippen LogP contribution in [0.3, 0.4) is 0 Å². The summed E-state index contributed by atoms with van der Waals surface area (Å²) >= 11 is 0. The molecule has 0 bridgehead atoms. The molecule has 106 valence electrons. The van der Waals surface area contributed by atoms with Gasteiger partial charge in [-0.1, -0.05) is 30.3 Å². The van der Waals surface area contributed by atoms with E-state index in [2.05, 4.69) is 0 Å². The molecule has 0 amide bonds. The van der Waals surface area contributed by atoms with Gasteiger partial charge in [0.1, 0.15) is 5.82 Å². The van der Waals surface area contributed by atoms with E-state index in [1.54, 1.807) is 30.3 Å². The predicted octanol–water partition coefficient (Wildman–Crippen LogP) is 3.12. The molecule has 2 aromatic carbocycles. The summed E-state index contributed by atoms with van der Waals surface area (Å²) in [6.07, 6.45) is -0.603. The van der Waals surface area contributed by atoms with Crippen LogP contribution in [0.1, 0.15) is 11.1 Å². The number of ether oxygens (including phenoxy) is 1. The Morgan fingerprint density at radius 3 is 2.35 bits per heavy atom. The quantitative estimate of drug-likeness (QED) is 0.910. The number of rotatable bonds is 5. The molecule has 0 aliphatic carbocycles. The maximum atomic E-state index is 13.9. The molecule has 20 heavy (non-hydrogen) atoms. The van der Waals surface area contributed by atoms with Gasteiger partial charge in [0.05, 0.1) is 13.2 Å². The molecule has 0 fully saturated rings. The van der Waals surface area contributed by atoms with Gasteiger partial charge in [-0.25, -0.2) is 8.78 Å². The molecule has 4 heteroatoms. The Balaban J connectivity index is 2.09. The Bertz CT molecular complexity index is 584. The van der Waals surface area contributed by atoms with Crippen LogP contribution in [0.25, 0.3) is 0 Å². The zero-order valence-electron chi connectivity index (χ0n) is 11.1. The minimum absolute atomic E-state index is 0.108. The number of hydrogen-bond donors (Lipinski definition) is 1. The molecule has 1 atom stereocenters. The van der Waals surface area contributed by atoms with Crippen LogP contribution >= 0.6 is 0 Å². The molecule has 1 unspecified atom stereocenters. The van der Waals surface area contributed by atoms with Gasteiger partial charge in [-0.05, 0) is 23.3 Å². The zero-order valence-corrected chi connectivity index (χ0v) is 11.1. The van der Waals surface area contributed by atoms with Gasteiger partial charge in [-0.15, -0.1) is 0 Å². The van der Waals surface area contributed by atoms with Crippen molar-refractivity contribution in [1.29, 1.82) is 0 Å². The molecule has 0 aliphatic rings. The molecule has 0 radical (unpaired) electrons. The lowest BCUT2D eigenvalue weighted by molar-refractivity contribution is 0.172. The average molecular weight is 278 g/mol. The van der Waals surface area contributed by atoms with E-state index in [-0.39, 0.29) is 24.4 Å². The monoisotopic (exact) mass is 278 g/mol. The van der Waals surface area contributed by atoms with Crippen molar-refractivity contribution in [3.8, 4) is 5.75 Å². The minimum atomic E-state index is -0.853. The first-order valence-corrected chi connectivity index (χ1v) is 6.34. The molecule has 1 N–H and O–H groups in total. The van der Waals surface area contributed by atoms with E-state index in [1.807, 2.05) is 0 Å². The molecule has 0 saturated carbocycles. The van der Waals surface area contributed by atoms with Crippen molar-refractivity contribution in [2.24, 2.45) is 0 Å². The van der Waals surface area contributed by atoms with E-state index in [0.29, 0.717) is 11.1 Å².